The molecule has 0 aliphatic carbocycles. The SMILES string of the molecule is [N-]=[N+]=NCOc1cncc[n+]1CC(=O)c1ccccc1. The summed E-state index contributed by atoms with van der Waals surface area (Å²) in [5.41, 5.74) is 8.83. The molecule has 1 aromatic heterocycles. The number of carbonyl (C=O) groups is 1. The standard InChI is InChI=1S/C13H12N5O2/c14-17-16-10-20-13-8-15-6-7-18(13)9-12(19)11-4-2-1-3-5-11/h1-8H,9-10H2/q+1. The quantitative estimate of drug-likeness (QED) is 0.264. The molecule has 100 valence electrons. The van der Waals surface area contributed by atoms with Gasteiger partial charge in [0.2, 0.25) is 12.3 Å². The van der Waals surface area contributed by atoms with Gasteiger partial charge >= 0.3 is 5.88 Å². The first-order valence-electron chi connectivity index (χ1n) is 5.86. The van der Waals surface area contributed by atoms with Crippen molar-refractivity contribution in [1.82, 2.24) is 4.98 Å². The lowest BCUT2D eigenvalue weighted by Crippen LogP contribution is -2.39. The van der Waals surface area contributed by atoms with Crippen LogP contribution in [0.25, 0.3) is 10.4 Å². The molecule has 2 aromatic rings. The molecule has 0 atom stereocenters. The summed E-state index contributed by atoms with van der Waals surface area (Å²) in [5.74, 6) is 0.319. The monoisotopic (exact) mass is 270 g/mol. The van der Waals surface area contributed by atoms with E-state index in [2.05, 4.69) is 15.0 Å². The predicted octanol–water partition coefficient (Wildman–Crippen LogP) is 1.90. The van der Waals surface area contributed by atoms with Crippen LogP contribution in [0.1, 0.15) is 10.4 Å². The Labute approximate surface area is 115 Å². The molecule has 0 bridgehead atoms. The minimum atomic E-state index is -0.151. The lowest BCUT2D eigenvalue weighted by Gasteiger charge is -2.02. The molecule has 0 unspecified atom stereocenters. The Morgan fingerprint density at radius 2 is 2.20 bits per heavy atom. The number of nitrogens with zero attached hydrogens (tertiary/aromatic N) is 5. The molecule has 1 aromatic carbocycles. The van der Waals surface area contributed by atoms with Crippen LogP contribution in [0.4, 0.5) is 0 Å². The maximum absolute atomic E-state index is 12.1. The van der Waals surface area contributed by atoms with E-state index in [4.69, 9.17) is 10.3 Å². The summed E-state index contributed by atoms with van der Waals surface area (Å²) in [5, 5.41) is 3.28. The first-order chi connectivity index (χ1) is 9.81. The fourth-order valence-electron chi connectivity index (χ4n) is 1.62. The van der Waals surface area contributed by atoms with E-state index in [0.29, 0.717) is 11.4 Å². The summed E-state index contributed by atoms with van der Waals surface area (Å²) in [4.78, 5) is 18.6. The summed E-state index contributed by atoms with van der Waals surface area (Å²) in [7, 11) is 0. The van der Waals surface area contributed by atoms with Crippen molar-refractivity contribution in [1.29, 1.82) is 0 Å². The van der Waals surface area contributed by atoms with Crippen molar-refractivity contribution in [3.63, 3.8) is 0 Å². The molecule has 0 saturated heterocycles. The van der Waals surface area contributed by atoms with Gasteiger partial charge in [-0.3, -0.25) is 4.79 Å². The first kappa shape index (κ1) is 13.5. The highest BCUT2D eigenvalue weighted by molar-refractivity contribution is 5.94. The molecule has 0 amide bonds. The molecule has 0 N–H and O–H groups in total. The third kappa shape index (κ3) is 3.54. The van der Waals surface area contributed by atoms with Crippen LogP contribution in [0.2, 0.25) is 0 Å². The summed E-state index contributed by atoms with van der Waals surface area (Å²) >= 11 is 0. The second kappa shape index (κ2) is 6.86. The Bertz CT molecular complexity index is 638. The van der Waals surface area contributed by atoms with Gasteiger partial charge in [0.05, 0.1) is 6.20 Å². The first-order valence-corrected chi connectivity index (χ1v) is 5.86. The number of azide groups is 1. The number of aromatic nitrogens is 2. The normalized spacial score (nSPS) is 9.60. The molecular weight excluding hydrogens is 258 g/mol. The largest absolute Gasteiger partial charge is 0.437 e. The number of hydrogen-bond acceptors (Lipinski definition) is 4. The van der Waals surface area contributed by atoms with E-state index < -0.39 is 0 Å². The Morgan fingerprint density at radius 3 is 2.95 bits per heavy atom. The maximum atomic E-state index is 12.1. The Morgan fingerprint density at radius 1 is 1.40 bits per heavy atom. The highest BCUT2D eigenvalue weighted by Gasteiger charge is 2.17. The molecular formula is C13H12N5O2+. The zero-order valence-corrected chi connectivity index (χ0v) is 10.6. The third-order valence-corrected chi connectivity index (χ3v) is 2.54. The average molecular weight is 270 g/mol. The predicted molar refractivity (Wildman–Crippen MR) is 69.8 cm³/mol. The average Bonchev–Trinajstić information content (AvgIpc) is 2.50. The summed E-state index contributed by atoms with van der Waals surface area (Å²) in [6.45, 7) is -0.0279. The van der Waals surface area contributed by atoms with Gasteiger partial charge < -0.3 is 4.74 Å². The smallest absolute Gasteiger partial charge is 0.387 e. The molecule has 1 heterocycles. The molecule has 0 radical (unpaired) electrons. The molecule has 0 fully saturated rings. The number of ketones is 1. The lowest BCUT2D eigenvalue weighted by molar-refractivity contribution is -0.689. The maximum Gasteiger partial charge on any atom is 0.387 e. The fraction of sp³-hybridized carbons (Fsp3) is 0.154. The van der Waals surface area contributed by atoms with E-state index in [-0.39, 0.29) is 19.1 Å². The van der Waals surface area contributed by atoms with Crippen LogP contribution in [0, 0.1) is 0 Å². The van der Waals surface area contributed by atoms with Crippen molar-refractivity contribution < 1.29 is 14.1 Å². The Kier molecular flexibility index (Phi) is 4.64. The van der Waals surface area contributed by atoms with Crippen molar-refractivity contribution >= 4 is 5.78 Å². The molecule has 0 aliphatic rings. The Hall–Kier alpha value is -2.92. The Balaban J connectivity index is 2.13. The van der Waals surface area contributed by atoms with Gasteiger partial charge in [-0.2, -0.15) is 4.57 Å². The van der Waals surface area contributed by atoms with E-state index in [1.54, 1.807) is 29.1 Å². The summed E-state index contributed by atoms with van der Waals surface area (Å²) < 4.78 is 6.85. The zero-order chi connectivity index (χ0) is 14.2. The van der Waals surface area contributed by atoms with Crippen molar-refractivity contribution in [2.24, 2.45) is 5.11 Å². The van der Waals surface area contributed by atoms with Crippen LogP contribution < -0.4 is 9.30 Å². The van der Waals surface area contributed by atoms with Crippen molar-refractivity contribution in [2.75, 3.05) is 6.73 Å². The second-order valence-corrected chi connectivity index (χ2v) is 3.84. The van der Waals surface area contributed by atoms with Gasteiger partial charge in [-0.25, -0.2) is 4.98 Å². The van der Waals surface area contributed by atoms with E-state index in [9.17, 15) is 4.79 Å². The third-order valence-electron chi connectivity index (χ3n) is 2.54. The number of hydrogen-bond donors (Lipinski definition) is 0. The lowest BCUT2D eigenvalue weighted by atomic mass is 10.1. The molecule has 2 rings (SSSR count). The van der Waals surface area contributed by atoms with Crippen LogP contribution in [0.5, 0.6) is 5.88 Å². The van der Waals surface area contributed by atoms with Crippen LogP contribution in [0.3, 0.4) is 0 Å². The molecule has 0 aliphatic heterocycles. The van der Waals surface area contributed by atoms with E-state index >= 15 is 0 Å². The number of ether oxygens (including phenoxy) is 1. The van der Waals surface area contributed by atoms with Gasteiger partial charge in [0.25, 0.3) is 0 Å². The molecule has 0 saturated carbocycles. The zero-order valence-electron chi connectivity index (χ0n) is 10.6. The fourth-order valence-corrected chi connectivity index (χ4v) is 1.62. The van der Waals surface area contributed by atoms with Crippen LogP contribution in [-0.4, -0.2) is 17.5 Å². The van der Waals surface area contributed by atoms with Crippen molar-refractivity contribution in [3.05, 3.63) is 64.9 Å². The molecule has 20 heavy (non-hydrogen) atoms. The molecule has 7 heteroatoms. The van der Waals surface area contributed by atoms with Gasteiger partial charge in [0.15, 0.2) is 12.9 Å². The number of benzene rings is 1. The topological polar surface area (TPSA) is 91.8 Å². The summed E-state index contributed by atoms with van der Waals surface area (Å²) in [6, 6.07) is 8.98. The van der Waals surface area contributed by atoms with Gasteiger partial charge in [0.1, 0.15) is 6.20 Å². The number of Topliss-reactive ketones (excluding diaryl/α,β-unsaturated/α-hetero) is 1. The van der Waals surface area contributed by atoms with Crippen molar-refractivity contribution in [3.8, 4) is 5.88 Å². The van der Waals surface area contributed by atoms with Gasteiger partial charge in [-0.1, -0.05) is 35.4 Å². The van der Waals surface area contributed by atoms with Gasteiger partial charge in [0, 0.05) is 10.5 Å². The summed E-state index contributed by atoms with van der Waals surface area (Å²) in [6.07, 6.45) is 4.65. The van der Waals surface area contributed by atoms with E-state index in [1.165, 1.54) is 6.20 Å². The number of carbonyl (C=O) groups excluding carboxylic acids is 1. The van der Waals surface area contributed by atoms with Crippen LogP contribution in [0.15, 0.2) is 54.0 Å². The van der Waals surface area contributed by atoms with Gasteiger partial charge in [-0.05, 0) is 5.53 Å². The van der Waals surface area contributed by atoms with Crippen LogP contribution in [-0.2, 0) is 6.54 Å². The van der Waals surface area contributed by atoms with Crippen LogP contribution >= 0.6 is 0 Å². The van der Waals surface area contributed by atoms with Gasteiger partial charge in [-0.15, -0.1) is 0 Å². The number of rotatable bonds is 6. The second-order valence-electron chi connectivity index (χ2n) is 3.84. The highest BCUT2D eigenvalue weighted by Crippen LogP contribution is 2.03. The minimum absolute atomic E-state index is 0.0459. The highest BCUT2D eigenvalue weighted by atomic mass is 16.5. The van der Waals surface area contributed by atoms with E-state index in [1.807, 2.05) is 18.2 Å². The van der Waals surface area contributed by atoms with E-state index in [0.717, 1.165) is 0 Å². The van der Waals surface area contributed by atoms with Crippen molar-refractivity contribution in [2.45, 2.75) is 6.54 Å². The minimum Gasteiger partial charge on any atom is -0.437 e. The molecule has 0 spiro atoms. The molecule has 7 nitrogen and oxygen atoms in total.